The number of rotatable bonds is 12. The second-order valence-corrected chi connectivity index (χ2v) is 7.91. The van der Waals surface area contributed by atoms with E-state index in [-0.39, 0.29) is 0 Å². The van der Waals surface area contributed by atoms with E-state index in [9.17, 15) is 0 Å². The maximum atomic E-state index is 5.58. The molecular formula is C28H34O6. The highest BCUT2D eigenvalue weighted by Gasteiger charge is 2.13. The normalized spacial score (nSPS) is 10.5. The molecule has 0 unspecified atom stereocenters. The van der Waals surface area contributed by atoms with E-state index in [0.29, 0.717) is 17.2 Å². The minimum Gasteiger partial charge on any atom is -0.497 e. The first-order valence-corrected chi connectivity index (χ1v) is 11.2. The highest BCUT2D eigenvalue weighted by Crippen LogP contribution is 2.38. The first-order valence-electron chi connectivity index (χ1n) is 11.2. The molecule has 0 bridgehead atoms. The molecule has 0 spiro atoms. The van der Waals surface area contributed by atoms with Crippen LogP contribution in [0, 0.1) is 0 Å². The van der Waals surface area contributed by atoms with Crippen molar-refractivity contribution in [1.29, 1.82) is 0 Å². The quantitative estimate of drug-likeness (QED) is 0.361. The third-order valence-corrected chi connectivity index (χ3v) is 5.84. The fraction of sp³-hybridized carbons (Fsp3) is 0.357. The van der Waals surface area contributed by atoms with Gasteiger partial charge in [-0.15, -0.1) is 0 Å². The standard InChI is InChI=1S/C28H34O6/c1-29-23-14-20(8-7-19-11-12-24(30-2)25(16-19)31-3)13-21(15-23)9-10-22-17-26(32-4)28(34-6)27(18-22)33-5/h11-18H,7-10H2,1-6H3. The summed E-state index contributed by atoms with van der Waals surface area (Å²) in [4.78, 5) is 0. The molecule has 3 aromatic carbocycles. The Bertz CT molecular complexity index is 1070. The Labute approximate surface area is 202 Å². The van der Waals surface area contributed by atoms with Crippen molar-refractivity contribution in [2.45, 2.75) is 25.7 Å². The molecule has 0 fully saturated rings. The molecule has 3 rings (SSSR count). The number of ether oxygens (including phenoxy) is 6. The summed E-state index contributed by atoms with van der Waals surface area (Å²) in [7, 11) is 9.88. The SMILES string of the molecule is COc1cc(CCc2ccc(OC)c(OC)c2)cc(CCc2cc(OC)c(OC)c(OC)c2)c1. The lowest BCUT2D eigenvalue weighted by atomic mass is 9.98. The van der Waals surface area contributed by atoms with Crippen LogP contribution in [0.1, 0.15) is 22.3 Å². The van der Waals surface area contributed by atoms with Crippen molar-refractivity contribution >= 4 is 0 Å². The van der Waals surface area contributed by atoms with Gasteiger partial charge in [-0.2, -0.15) is 0 Å². The average Bonchev–Trinajstić information content (AvgIpc) is 2.89. The van der Waals surface area contributed by atoms with E-state index < -0.39 is 0 Å². The highest BCUT2D eigenvalue weighted by atomic mass is 16.5. The molecule has 0 aromatic heterocycles. The van der Waals surface area contributed by atoms with Gasteiger partial charge in [0.25, 0.3) is 0 Å². The van der Waals surface area contributed by atoms with E-state index in [1.807, 2.05) is 24.3 Å². The van der Waals surface area contributed by atoms with Gasteiger partial charge in [0.15, 0.2) is 23.0 Å². The van der Waals surface area contributed by atoms with E-state index in [1.165, 1.54) is 16.7 Å². The van der Waals surface area contributed by atoms with Crippen LogP contribution in [0.5, 0.6) is 34.5 Å². The van der Waals surface area contributed by atoms with Crippen LogP contribution < -0.4 is 28.4 Å². The van der Waals surface area contributed by atoms with Gasteiger partial charge in [0, 0.05) is 0 Å². The van der Waals surface area contributed by atoms with Crippen LogP contribution in [0.4, 0.5) is 0 Å². The third kappa shape index (κ3) is 6.07. The van der Waals surface area contributed by atoms with Gasteiger partial charge in [-0.05, 0) is 84.3 Å². The molecule has 182 valence electrons. The lowest BCUT2D eigenvalue weighted by Gasteiger charge is -2.14. The number of hydrogen-bond donors (Lipinski definition) is 0. The number of benzene rings is 3. The second kappa shape index (κ2) is 12.1. The molecule has 0 radical (unpaired) electrons. The molecule has 3 aromatic rings. The summed E-state index contributed by atoms with van der Waals surface area (Å²) in [5.74, 6) is 4.28. The van der Waals surface area contributed by atoms with Gasteiger partial charge in [0.05, 0.1) is 42.7 Å². The summed E-state index contributed by atoms with van der Waals surface area (Å²) >= 11 is 0. The largest absolute Gasteiger partial charge is 0.497 e. The van der Waals surface area contributed by atoms with Gasteiger partial charge in [-0.25, -0.2) is 0 Å². The van der Waals surface area contributed by atoms with Crippen molar-refractivity contribution in [3.63, 3.8) is 0 Å². The Balaban J connectivity index is 1.74. The Morgan fingerprint density at radius 1 is 0.412 bits per heavy atom. The maximum absolute atomic E-state index is 5.58. The molecule has 0 N–H and O–H groups in total. The first kappa shape index (κ1) is 25.1. The van der Waals surface area contributed by atoms with E-state index in [4.69, 9.17) is 28.4 Å². The van der Waals surface area contributed by atoms with E-state index in [2.05, 4.69) is 24.3 Å². The summed E-state index contributed by atoms with van der Waals surface area (Å²) in [6.45, 7) is 0. The van der Waals surface area contributed by atoms with E-state index in [1.54, 1.807) is 42.7 Å². The predicted octanol–water partition coefficient (Wildman–Crippen LogP) is 5.31. The Hall–Kier alpha value is -3.54. The fourth-order valence-electron chi connectivity index (χ4n) is 4.03. The van der Waals surface area contributed by atoms with Crippen LogP contribution in [-0.4, -0.2) is 42.7 Å². The first-order chi connectivity index (χ1) is 16.5. The van der Waals surface area contributed by atoms with Gasteiger partial charge < -0.3 is 28.4 Å². The monoisotopic (exact) mass is 466 g/mol. The molecule has 0 aliphatic carbocycles. The van der Waals surface area contributed by atoms with Crippen molar-refractivity contribution in [2.75, 3.05) is 42.7 Å². The van der Waals surface area contributed by atoms with Crippen molar-refractivity contribution in [3.05, 3.63) is 70.8 Å². The zero-order valence-electron chi connectivity index (χ0n) is 20.9. The van der Waals surface area contributed by atoms with Crippen molar-refractivity contribution in [2.24, 2.45) is 0 Å². The molecule has 0 saturated carbocycles. The van der Waals surface area contributed by atoms with Crippen LogP contribution in [0.2, 0.25) is 0 Å². The molecule has 0 saturated heterocycles. The number of aryl methyl sites for hydroxylation is 4. The van der Waals surface area contributed by atoms with Crippen LogP contribution in [-0.2, 0) is 25.7 Å². The predicted molar refractivity (Wildman–Crippen MR) is 133 cm³/mol. The fourth-order valence-corrected chi connectivity index (χ4v) is 4.03. The molecule has 0 amide bonds. The van der Waals surface area contributed by atoms with Crippen LogP contribution in [0.15, 0.2) is 48.5 Å². The summed E-state index contributed by atoms with van der Waals surface area (Å²) in [6, 6.07) is 16.5. The highest BCUT2D eigenvalue weighted by molar-refractivity contribution is 5.54. The summed E-state index contributed by atoms with van der Waals surface area (Å²) in [6.07, 6.45) is 3.47. The molecule has 0 aliphatic rings. The van der Waals surface area contributed by atoms with E-state index in [0.717, 1.165) is 48.5 Å². The molecule has 0 heterocycles. The lowest BCUT2D eigenvalue weighted by molar-refractivity contribution is 0.324. The summed E-state index contributed by atoms with van der Waals surface area (Å²) in [5.41, 5.74) is 4.76. The minimum atomic E-state index is 0.604. The maximum Gasteiger partial charge on any atom is 0.203 e. The summed E-state index contributed by atoms with van der Waals surface area (Å²) in [5, 5.41) is 0. The molecule has 0 atom stereocenters. The van der Waals surface area contributed by atoms with Crippen molar-refractivity contribution in [3.8, 4) is 34.5 Å². The Morgan fingerprint density at radius 2 is 0.882 bits per heavy atom. The van der Waals surface area contributed by atoms with Gasteiger partial charge in [0.2, 0.25) is 5.75 Å². The van der Waals surface area contributed by atoms with Crippen molar-refractivity contribution in [1.82, 2.24) is 0 Å². The smallest absolute Gasteiger partial charge is 0.203 e. The van der Waals surface area contributed by atoms with Crippen LogP contribution in [0.3, 0.4) is 0 Å². The van der Waals surface area contributed by atoms with Gasteiger partial charge >= 0.3 is 0 Å². The Kier molecular flexibility index (Phi) is 8.91. The summed E-state index contributed by atoms with van der Waals surface area (Å²) < 4.78 is 32.8. The van der Waals surface area contributed by atoms with Crippen LogP contribution >= 0.6 is 0 Å². The number of hydrogen-bond acceptors (Lipinski definition) is 6. The Morgan fingerprint density at radius 3 is 1.35 bits per heavy atom. The molecule has 0 aliphatic heterocycles. The van der Waals surface area contributed by atoms with Gasteiger partial charge in [-0.3, -0.25) is 0 Å². The average molecular weight is 467 g/mol. The minimum absolute atomic E-state index is 0.604. The van der Waals surface area contributed by atoms with Crippen LogP contribution in [0.25, 0.3) is 0 Å². The van der Waals surface area contributed by atoms with Gasteiger partial charge in [0.1, 0.15) is 5.75 Å². The zero-order valence-corrected chi connectivity index (χ0v) is 20.9. The molecular weight excluding hydrogens is 432 g/mol. The lowest BCUT2D eigenvalue weighted by Crippen LogP contribution is -2.00. The topological polar surface area (TPSA) is 55.4 Å². The van der Waals surface area contributed by atoms with Crippen molar-refractivity contribution < 1.29 is 28.4 Å². The van der Waals surface area contributed by atoms with E-state index >= 15 is 0 Å². The second-order valence-electron chi connectivity index (χ2n) is 7.91. The van der Waals surface area contributed by atoms with Gasteiger partial charge in [-0.1, -0.05) is 12.1 Å². The number of methoxy groups -OCH3 is 6. The zero-order chi connectivity index (χ0) is 24.5. The third-order valence-electron chi connectivity index (χ3n) is 5.84. The molecule has 34 heavy (non-hydrogen) atoms. The molecule has 6 nitrogen and oxygen atoms in total. The molecule has 6 heteroatoms.